The second-order valence-electron chi connectivity index (χ2n) is 5.22. The molecule has 0 aromatic carbocycles. The standard InChI is InChI=1S/C15H31NO/c1-6-8-9-15(7-2)12-17-11-14(5)10-16-13(3)4/h13,15-16H,5-12H2,1-4H3. The number of hydrogen-bond acceptors (Lipinski definition) is 2. The molecule has 0 rings (SSSR count). The molecule has 0 fully saturated rings. The highest BCUT2D eigenvalue weighted by Crippen LogP contribution is 2.13. The quantitative estimate of drug-likeness (QED) is 0.556. The van der Waals surface area contributed by atoms with Crippen molar-refractivity contribution >= 4 is 0 Å². The highest BCUT2D eigenvalue weighted by Gasteiger charge is 2.06. The van der Waals surface area contributed by atoms with Crippen molar-refractivity contribution in [3.05, 3.63) is 12.2 Å². The van der Waals surface area contributed by atoms with E-state index in [-0.39, 0.29) is 0 Å². The molecule has 2 heteroatoms. The third kappa shape index (κ3) is 10.5. The van der Waals surface area contributed by atoms with Crippen LogP contribution in [0.2, 0.25) is 0 Å². The molecule has 0 saturated carbocycles. The van der Waals surface area contributed by atoms with Crippen molar-refractivity contribution in [2.45, 2.75) is 59.4 Å². The van der Waals surface area contributed by atoms with Gasteiger partial charge in [0.2, 0.25) is 0 Å². The van der Waals surface area contributed by atoms with E-state index in [1.54, 1.807) is 0 Å². The van der Waals surface area contributed by atoms with Gasteiger partial charge in [0.05, 0.1) is 6.61 Å². The van der Waals surface area contributed by atoms with Gasteiger partial charge in [-0.3, -0.25) is 0 Å². The summed E-state index contributed by atoms with van der Waals surface area (Å²) >= 11 is 0. The van der Waals surface area contributed by atoms with Crippen LogP contribution in [0.3, 0.4) is 0 Å². The Morgan fingerprint density at radius 1 is 1.29 bits per heavy atom. The molecule has 1 unspecified atom stereocenters. The van der Waals surface area contributed by atoms with Crippen molar-refractivity contribution in [2.24, 2.45) is 5.92 Å². The summed E-state index contributed by atoms with van der Waals surface area (Å²) < 4.78 is 5.74. The molecule has 2 nitrogen and oxygen atoms in total. The molecule has 0 aliphatic heterocycles. The second kappa shape index (κ2) is 10.8. The average Bonchev–Trinajstić information content (AvgIpc) is 2.30. The van der Waals surface area contributed by atoms with Crippen molar-refractivity contribution in [1.82, 2.24) is 5.32 Å². The highest BCUT2D eigenvalue weighted by molar-refractivity contribution is 4.97. The molecule has 0 amide bonds. The minimum Gasteiger partial charge on any atom is -0.377 e. The summed E-state index contributed by atoms with van der Waals surface area (Å²) in [5.41, 5.74) is 1.14. The van der Waals surface area contributed by atoms with Crippen LogP contribution in [0.15, 0.2) is 12.2 Å². The zero-order valence-corrected chi connectivity index (χ0v) is 12.2. The lowest BCUT2D eigenvalue weighted by Gasteiger charge is -2.16. The fraction of sp³-hybridized carbons (Fsp3) is 0.867. The van der Waals surface area contributed by atoms with Gasteiger partial charge in [0.1, 0.15) is 0 Å². The van der Waals surface area contributed by atoms with Crippen molar-refractivity contribution in [1.29, 1.82) is 0 Å². The van der Waals surface area contributed by atoms with Crippen molar-refractivity contribution < 1.29 is 4.74 Å². The first-order valence-corrected chi connectivity index (χ1v) is 7.07. The summed E-state index contributed by atoms with van der Waals surface area (Å²) in [5.74, 6) is 0.723. The molecular weight excluding hydrogens is 210 g/mol. The Balaban J connectivity index is 3.55. The lowest BCUT2D eigenvalue weighted by molar-refractivity contribution is 0.110. The van der Waals surface area contributed by atoms with E-state index >= 15 is 0 Å². The van der Waals surface area contributed by atoms with Crippen LogP contribution in [-0.2, 0) is 4.74 Å². The summed E-state index contributed by atoms with van der Waals surface area (Å²) in [4.78, 5) is 0. The summed E-state index contributed by atoms with van der Waals surface area (Å²) in [6, 6.07) is 0.514. The Morgan fingerprint density at radius 2 is 2.00 bits per heavy atom. The van der Waals surface area contributed by atoms with Gasteiger partial charge < -0.3 is 10.1 Å². The normalized spacial score (nSPS) is 13.0. The molecule has 0 aliphatic carbocycles. The SMILES string of the molecule is C=C(CNC(C)C)COCC(CC)CCCC. The van der Waals surface area contributed by atoms with Gasteiger partial charge in [-0.2, -0.15) is 0 Å². The Bertz CT molecular complexity index is 189. The van der Waals surface area contributed by atoms with E-state index in [0.717, 1.165) is 24.6 Å². The third-order valence-corrected chi connectivity index (χ3v) is 2.96. The molecule has 0 heterocycles. The van der Waals surface area contributed by atoms with Gasteiger partial charge in [-0.05, 0) is 17.9 Å². The zero-order chi connectivity index (χ0) is 13.1. The van der Waals surface area contributed by atoms with Gasteiger partial charge in [-0.25, -0.2) is 0 Å². The van der Waals surface area contributed by atoms with Crippen LogP contribution in [-0.4, -0.2) is 25.8 Å². The number of unbranched alkanes of at least 4 members (excludes halogenated alkanes) is 1. The van der Waals surface area contributed by atoms with Crippen molar-refractivity contribution in [2.75, 3.05) is 19.8 Å². The first kappa shape index (κ1) is 16.7. The van der Waals surface area contributed by atoms with Crippen LogP contribution in [0, 0.1) is 5.92 Å². The van der Waals surface area contributed by atoms with Gasteiger partial charge in [0, 0.05) is 19.2 Å². The number of hydrogen-bond donors (Lipinski definition) is 1. The van der Waals surface area contributed by atoms with Crippen molar-refractivity contribution in [3.63, 3.8) is 0 Å². The van der Waals surface area contributed by atoms with E-state index in [9.17, 15) is 0 Å². The molecule has 0 spiro atoms. The first-order chi connectivity index (χ1) is 8.10. The molecule has 0 aromatic heterocycles. The Labute approximate surface area is 108 Å². The molecule has 0 aliphatic rings. The van der Waals surface area contributed by atoms with E-state index in [1.807, 2.05) is 0 Å². The predicted octanol–water partition coefficient (Wildman–Crippen LogP) is 3.77. The fourth-order valence-corrected chi connectivity index (χ4v) is 1.67. The molecule has 17 heavy (non-hydrogen) atoms. The third-order valence-electron chi connectivity index (χ3n) is 2.96. The van der Waals surface area contributed by atoms with E-state index in [1.165, 1.54) is 25.7 Å². The lowest BCUT2D eigenvalue weighted by atomic mass is 10.0. The maximum absolute atomic E-state index is 5.74. The van der Waals surface area contributed by atoms with Crippen LogP contribution < -0.4 is 5.32 Å². The molecule has 0 bridgehead atoms. The molecular formula is C15H31NO. The average molecular weight is 241 g/mol. The van der Waals surface area contributed by atoms with Gasteiger partial charge in [0.25, 0.3) is 0 Å². The summed E-state index contributed by atoms with van der Waals surface area (Å²) in [6.07, 6.45) is 5.11. The first-order valence-electron chi connectivity index (χ1n) is 7.07. The molecule has 102 valence electrons. The smallest absolute Gasteiger partial charge is 0.0686 e. The lowest BCUT2D eigenvalue weighted by Crippen LogP contribution is -2.26. The zero-order valence-electron chi connectivity index (χ0n) is 12.2. The van der Waals surface area contributed by atoms with E-state index in [2.05, 4.69) is 39.6 Å². The minimum absolute atomic E-state index is 0.514. The molecule has 0 radical (unpaired) electrons. The largest absolute Gasteiger partial charge is 0.377 e. The highest BCUT2D eigenvalue weighted by atomic mass is 16.5. The summed E-state index contributed by atoms with van der Waals surface area (Å²) in [6.45, 7) is 15.3. The van der Waals surface area contributed by atoms with Crippen LogP contribution in [0.25, 0.3) is 0 Å². The predicted molar refractivity (Wildman–Crippen MR) is 76.4 cm³/mol. The molecule has 1 atom stereocenters. The van der Waals surface area contributed by atoms with E-state index in [0.29, 0.717) is 12.6 Å². The summed E-state index contributed by atoms with van der Waals surface area (Å²) in [5, 5.41) is 3.35. The Morgan fingerprint density at radius 3 is 2.53 bits per heavy atom. The maximum Gasteiger partial charge on any atom is 0.0686 e. The second-order valence-corrected chi connectivity index (χ2v) is 5.22. The van der Waals surface area contributed by atoms with Gasteiger partial charge in [-0.1, -0.05) is 53.5 Å². The Hall–Kier alpha value is -0.340. The Kier molecular flexibility index (Phi) is 10.6. The van der Waals surface area contributed by atoms with E-state index in [4.69, 9.17) is 4.74 Å². The fourth-order valence-electron chi connectivity index (χ4n) is 1.67. The van der Waals surface area contributed by atoms with E-state index < -0.39 is 0 Å². The number of ether oxygens (including phenoxy) is 1. The molecule has 1 N–H and O–H groups in total. The number of nitrogens with one attached hydrogen (secondary N) is 1. The van der Waals surface area contributed by atoms with Crippen LogP contribution in [0.4, 0.5) is 0 Å². The van der Waals surface area contributed by atoms with Crippen LogP contribution >= 0.6 is 0 Å². The molecule has 0 saturated heterocycles. The van der Waals surface area contributed by atoms with Gasteiger partial charge >= 0.3 is 0 Å². The van der Waals surface area contributed by atoms with Gasteiger partial charge in [0.15, 0.2) is 0 Å². The number of rotatable bonds is 11. The summed E-state index contributed by atoms with van der Waals surface area (Å²) in [7, 11) is 0. The molecule has 0 aromatic rings. The topological polar surface area (TPSA) is 21.3 Å². The maximum atomic E-state index is 5.74. The van der Waals surface area contributed by atoms with Crippen LogP contribution in [0.1, 0.15) is 53.4 Å². The van der Waals surface area contributed by atoms with Crippen molar-refractivity contribution in [3.8, 4) is 0 Å². The minimum atomic E-state index is 0.514. The van der Waals surface area contributed by atoms with Crippen LogP contribution in [0.5, 0.6) is 0 Å². The monoisotopic (exact) mass is 241 g/mol. The van der Waals surface area contributed by atoms with Gasteiger partial charge in [-0.15, -0.1) is 0 Å².